The van der Waals surface area contributed by atoms with Crippen molar-refractivity contribution in [1.29, 1.82) is 0 Å². The molecular weight excluding hydrogens is 268 g/mol. The van der Waals surface area contributed by atoms with Crippen LogP contribution in [0.25, 0.3) is 5.65 Å². The molecule has 2 aromatic heterocycles. The van der Waals surface area contributed by atoms with E-state index in [4.69, 9.17) is 5.73 Å². The molecule has 2 aromatic rings. The summed E-state index contributed by atoms with van der Waals surface area (Å²) in [5.41, 5.74) is 6.24. The molecule has 0 aromatic carbocycles. The van der Waals surface area contributed by atoms with E-state index < -0.39 is 0 Å². The molecule has 0 bridgehead atoms. The van der Waals surface area contributed by atoms with E-state index >= 15 is 0 Å². The minimum absolute atomic E-state index is 0.0963. The maximum absolute atomic E-state index is 11.6. The highest BCUT2D eigenvalue weighted by Gasteiger charge is 2.33. The number of hydrogen-bond acceptors (Lipinski definition) is 5. The average molecular weight is 290 g/mol. The molecule has 0 unspecified atom stereocenters. The van der Waals surface area contributed by atoms with Gasteiger partial charge in [0.25, 0.3) is 0 Å². The van der Waals surface area contributed by atoms with E-state index in [1.165, 1.54) is 17.2 Å². The first-order chi connectivity index (χ1) is 10.0. The highest BCUT2D eigenvalue weighted by atomic mass is 16.1. The molecular formula is C14H22N6O. The van der Waals surface area contributed by atoms with Crippen LogP contribution in [-0.2, 0) is 0 Å². The fraction of sp³-hybridized carbons (Fsp3) is 0.643. The van der Waals surface area contributed by atoms with Gasteiger partial charge in [0.1, 0.15) is 11.6 Å². The van der Waals surface area contributed by atoms with Crippen LogP contribution in [0.1, 0.15) is 38.4 Å². The highest BCUT2D eigenvalue weighted by Crippen LogP contribution is 2.33. The lowest BCUT2D eigenvalue weighted by Gasteiger charge is -2.39. The van der Waals surface area contributed by atoms with Gasteiger partial charge in [-0.05, 0) is 38.5 Å². The van der Waals surface area contributed by atoms with Gasteiger partial charge >= 0.3 is 5.69 Å². The van der Waals surface area contributed by atoms with Crippen molar-refractivity contribution in [1.82, 2.24) is 19.6 Å². The topological polar surface area (TPSA) is 101 Å². The van der Waals surface area contributed by atoms with E-state index in [-0.39, 0.29) is 11.2 Å². The summed E-state index contributed by atoms with van der Waals surface area (Å²) in [6.45, 7) is 4.66. The van der Waals surface area contributed by atoms with E-state index in [0.29, 0.717) is 18.0 Å². The molecule has 0 saturated heterocycles. The molecule has 1 fully saturated rings. The van der Waals surface area contributed by atoms with Crippen LogP contribution in [0.15, 0.2) is 10.9 Å². The zero-order chi connectivity index (χ0) is 15.0. The number of nitrogens with zero attached hydrogens (tertiary/aromatic N) is 3. The van der Waals surface area contributed by atoms with Crippen molar-refractivity contribution in [3.63, 3.8) is 0 Å². The summed E-state index contributed by atoms with van der Waals surface area (Å²) >= 11 is 0. The number of aromatic nitrogens is 4. The average Bonchev–Trinajstić information content (AvgIpc) is 2.83. The lowest BCUT2D eigenvalue weighted by atomic mass is 9.77. The second kappa shape index (κ2) is 5.14. The third-order valence-electron chi connectivity index (χ3n) is 4.59. The van der Waals surface area contributed by atoms with Crippen LogP contribution in [0.3, 0.4) is 0 Å². The Kier molecular flexibility index (Phi) is 3.44. The Morgan fingerprint density at radius 2 is 2.24 bits per heavy atom. The highest BCUT2D eigenvalue weighted by molar-refractivity contribution is 5.51. The minimum Gasteiger partial charge on any atom is -0.363 e. The molecule has 0 spiro atoms. The van der Waals surface area contributed by atoms with E-state index in [0.717, 1.165) is 24.6 Å². The summed E-state index contributed by atoms with van der Waals surface area (Å²) in [5.74, 6) is 2.11. The first kappa shape index (κ1) is 14.1. The molecule has 1 saturated carbocycles. The minimum atomic E-state index is -0.262. The van der Waals surface area contributed by atoms with E-state index in [1.54, 1.807) is 13.0 Å². The Hall–Kier alpha value is -1.89. The zero-order valence-electron chi connectivity index (χ0n) is 12.5. The summed E-state index contributed by atoms with van der Waals surface area (Å²) in [4.78, 5) is 16.1. The number of fused-ring (bicyclic) bond motifs is 1. The standard InChI is InChI=1S/C14H22N6O/c1-9-3-5-14(8-15,6-4-9)17-11-7-12-18-19-13(21)20(12)10(2)16-11/h7,9,17H,3-6,8,15H2,1-2H3,(H,19,21). The van der Waals surface area contributed by atoms with Crippen LogP contribution >= 0.6 is 0 Å². The third kappa shape index (κ3) is 2.53. The monoisotopic (exact) mass is 290 g/mol. The van der Waals surface area contributed by atoms with Gasteiger partial charge in [-0.15, -0.1) is 0 Å². The largest absolute Gasteiger partial charge is 0.363 e. The Morgan fingerprint density at radius 3 is 2.90 bits per heavy atom. The van der Waals surface area contributed by atoms with Crippen molar-refractivity contribution in [2.24, 2.45) is 11.7 Å². The molecule has 2 heterocycles. The van der Waals surface area contributed by atoms with E-state index in [1.807, 2.05) is 0 Å². The maximum atomic E-state index is 11.6. The number of aromatic amines is 1. The van der Waals surface area contributed by atoms with Gasteiger partial charge in [0, 0.05) is 12.6 Å². The molecule has 1 aliphatic rings. The lowest BCUT2D eigenvalue weighted by Crippen LogP contribution is -2.48. The van der Waals surface area contributed by atoms with Crippen molar-refractivity contribution >= 4 is 11.5 Å². The number of nitrogens with one attached hydrogen (secondary N) is 2. The van der Waals surface area contributed by atoms with Crippen molar-refractivity contribution in [3.05, 3.63) is 22.4 Å². The molecule has 0 atom stereocenters. The molecule has 3 rings (SSSR count). The van der Waals surface area contributed by atoms with Crippen LogP contribution < -0.4 is 16.7 Å². The molecule has 0 aliphatic heterocycles. The second-order valence-electron chi connectivity index (χ2n) is 6.20. The van der Waals surface area contributed by atoms with Gasteiger partial charge in [-0.2, -0.15) is 5.10 Å². The Balaban J connectivity index is 1.92. The predicted octanol–water partition coefficient (Wildman–Crippen LogP) is 1.05. The Labute approximate surface area is 123 Å². The van der Waals surface area contributed by atoms with Gasteiger partial charge in [0.05, 0.1) is 5.54 Å². The smallest absolute Gasteiger partial charge is 0.349 e. The fourth-order valence-electron chi connectivity index (χ4n) is 3.13. The first-order valence-corrected chi connectivity index (χ1v) is 7.46. The molecule has 1 aliphatic carbocycles. The Morgan fingerprint density at radius 1 is 1.52 bits per heavy atom. The first-order valence-electron chi connectivity index (χ1n) is 7.46. The quantitative estimate of drug-likeness (QED) is 0.784. The molecule has 7 nitrogen and oxygen atoms in total. The van der Waals surface area contributed by atoms with Gasteiger partial charge in [-0.25, -0.2) is 19.3 Å². The van der Waals surface area contributed by atoms with Gasteiger partial charge in [-0.3, -0.25) is 0 Å². The zero-order valence-corrected chi connectivity index (χ0v) is 12.5. The number of hydrogen-bond donors (Lipinski definition) is 3. The second-order valence-corrected chi connectivity index (χ2v) is 6.20. The number of H-pyrrole nitrogens is 1. The molecule has 114 valence electrons. The lowest BCUT2D eigenvalue weighted by molar-refractivity contribution is 0.271. The van der Waals surface area contributed by atoms with Gasteiger partial charge in [0.2, 0.25) is 0 Å². The summed E-state index contributed by atoms with van der Waals surface area (Å²) in [7, 11) is 0. The summed E-state index contributed by atoms with van der Waals surface area (Å²) in [6.07, 6.45) is 4.44. The third-order valence-corrected chi connectivity index (χ3v) is 4.59. The van der Waals surface area contributed by atoms with Gasteiger partial charge in [0.15, 0.2) is 5.65 Å². The van der Waals surface area contributed by atoms with Crippen LogP contribution in [0.2, 0.25) is 0 Å². The molecule has 21 heavy (non-hydrogen) atoms. The van der Waals surface area contributed by atoms with Crippen LogP contribution in [0, 0.1) is 12.8 Å². The van der Waals surface area contributed by atoms with Crippen molar-refractivity contribution in [3.8, 4) is 0 Å². The van der Waals surface area contributed by atoms with E-state index in [9.17, 15) is 4.79 Å². The number of aryl methyl sites for hydroxylation is 1. The molecule has 7 heteroatoms. The molecule has 4 N–H and O–H groups in total. The number of rotatable bonds is 3. The fourth-order valence-corrected chi connectivity index (χ4v) is 3.13. The molecule has 0 radical (unpaired) electrons. The van der Waals surface area contributed by atoms with Crippen LogP contribution in [0.5, 0.6) is 0 Å². The van der Waals surface area contributed by atoms with Crippen molar-refractivity contribution < 1.29 is 0 Å². The normalized spacial score (nSPS) is 26.1. The maximum Gasteiger partial charge on any atom is 0.349 e. The van der Waals surface area contributed by atoms with E-state index in [2.05, 4.69) is 27.4 Å². The summed E-state index contributed by atoms with van der Waals surface area (Å²) < 4.78 is 1.46. The predicted molar refractivity (Wildman–Crippen MR) is 81.4 cm³/mol. The van der Waals surface area contributed by atoms with Crippen LogP contribution in [0.4, 0.5) is 5.82 Å². The van der Waals surface area contributed by atoms with Gasteiger partial charge in [-0.1, -0.05) is 6.92 Å². The summed E-state index contributed by atoms with van der Waals surface area (Å²) in [5, 5.41) is 9.95. The Bertz CT molecular complexity index is 695. The molecule has 0 amide bonds. The SMILES string of the molecule is Cc1nc(NC2(CN)CCC(C)CC2)cc2n[nH]c(=O)n12. The number of nitrogens with two attached hydrogens (primary N) is 1. The number of anilines is 1. The summed E-state index contributed by atoms with van der Waals surface area (Å²) in [6, 6.07) is 1.79. The van der Waals surface area contributed by atoms with Gasteiger partial charge < -0.3 is 11.1 Å². The van der Waals surface area contributed by atoms with Crippen molar-refractivity contribution in [2.75, 3.05) is 11.9 Å². The van der Waals surface area contributed by atoms with Crippen molar-refractivity contribution in [2.45, 2.75) is 45.1 Å². The van der Waals surface area contributed by atoms with Crippen LogP contribution in [-0.4, -0.2) is 31.7 Å².